The quantitative estimate of drug-likeness (QED) is 0.771. The monoisotopic (exact) mass is 247 g/mol. The van der Waals surface area contributed by atoms with Crippen LogP contribution in [0.25, 0.3) is 0 Å². The number of rotatable bonds is 4. The zero-order valence-corrected chi connectivity index (χ0v) is 10.9. The average Bonchev–Trinajstić information content (AvgIpc) is 2.37. The third-order valence-corrected chi connectivity index (χ3v) is 3.44. The summed E-state index contributed by atoms with van der Waals surface area (Å²) in [6, 6.07) is 10.3. The first-order valence-corrected chi connectivity index (χ1v) is 6.51. The van der Waals surface area contributed by atoms with E-state index in [-0.39, 0.29) is 5.38 Å². The SMILES string of the molecule is CC1=CCC=C(CCC(Cl)c2ccccc2)N1. The van der Waals surface area contributed by atoms with Crippen LogP contribution in [0.2, 0.25) is 0 Å². The number of hydrogen-bond acceptors (Lipinski definition) is 1. The Labute approximate surface area is 108 Å². The second-order valence-electron chi connectivity index (χ2n) is 4.39. The molecular weight excluding hydrogens is 230 g/mol. The molecule has 0 amide bonds. The molecule has 0 spiro atoms. The summed E-state index contributed by atoms with van der Waals surface area (Å²) in [5.41, 5.74) is 3.75. The maximum atomic E-state index is 6.39. The highest BCUT2D eigenvalue weighted by molar-refractivity contribution is 6.20. The summed E-state index contributed by atoms with van der Waals surface area (Å²) < 4.78 is 0. The van der Waals surface area contributed by atoms with Crippen molar-refractivity contribution in [2.45, 2.75) is 31.6 Å². The van der Waals surface area contributed by atoms with Crippen molar-refractivity contribution < 1.29 is 0 Å². The van der Waals surface area contributed by atoms with Crippen molar-refractivity contribution in [2.75, 3.05) is 0 Å². The van der Waals surface area contributed by atoms with Crippen molar-refractivity contribution in [3.05, 3.63) is 59.4 Å². The number of allylic oxidation sites excluding steroid dienone is 4. The highest BCUT2D eigenvalue weighted by Gasteiger charge is 2.09. The standard InChI is InChI=1S/C15H18ClN/c1-12-6-5-9-14(17-12)10-11-15(16)13-7-3-2-4-8-13/h2-4,6-9,15,17H,5,10-11H2,1H3. The molecule has 1 aliphatic rings. The number of nitrogens with one attached hydrogen (secondary N) is 1. The average molecular weight is 248 g/mol. The largest absolute Gasteiger partial charge is 0.363 e. The lowest BCUT2D eigenvalue weighted by Gasteiger charge is -2.17. The number of alkyl halides is 1. The number of hydrogen-bond donors (Lipinski definition) is 1. The molecule has 1 nitrogen and oxygen atoms in total. The van der Waals surface area contributed by atoms with Gasteiger partial charge in [-0.25, -0.2) is 0 Å². The molecule has 0 aromatic heterocycles. The molecule has 1 heterocycles. The number of benzene rings is 1. The van der Waals surface area contributed by atoms with Gasteiger partial charge in [-0.3, -0.25) is 0 Å². The van der Waals surface area contributed by atoms with Crippen LogP contribution in [0.3, 0.4) is 0 Å². The molecule has 0 saturated heterocycles. The third-order valence-electron chi connectivity index (χ3n) is 2.97. The van der Waals surface area contributed by atoms with Crippen molar-refractivity contribution in [1.82, 2.24) is 5.32 Å². The molecular formula is C15H18ClN. The summed E-state index contributed by atoms with van der Waals surface area (Å²) in [4.78, 5) is 0. The van der Waals surface area contributed by atoms with Gasteiger partial charge < -0.3 is 5.32 Å². The van der Waals surface area contributed by atoms with Crippen LogP contribution in [0, 0.1) is 0 Å². The highest BCUT2D eigenvalue weighted by Crippen LogP contribution is 2.27. The van der Waals surface area contributed by atoms with Crippen LogP contribution in [0.5, 0.6) is 0 Å². The maximum Gasteiger partial charge on any atom is 0.0588 e. The van der Waals surface area contributed by atoms with Gasteiger partial charge in [-0.2, -0.15) is 0 Å². The minimum absolute atomic E-state index is 0.102. The zero-order valence-electron chi connectivity index (χ0n) is 10.1. The molecule has 0 radical (unpaired) electrons. The highest BCUT2D eigenvalue weighted by atomic mass is 35.5. The molecule has 2 heteroatoms. The molecule has 1 aromatic rings. The van der Waals surface area contributed by atoms with E-state index in [2.05, 4.69) is 36.5 Å². The van der Waals surface area contributed by atoms with E-state index >= 15 is 0 Å². The molecule has 0 saturated carbocycles. The van der Waals surface area contributed by atoms with Crippen LogP contribution in [0.4, 0.5) is 0 Å². The minimum atomic E-state index is 0.102. The Hall–Kier alpha value is -1.21. The third kappa shape index (κ3) is 3.64. The fourth-order valence-corrected chi connectivity index (χ4v) is 2.26. The maximum absolute atomic E-state index is 6.39. The van der Waals surface area contributed by atoms with Gasteiger partial charge in [-0.1, -0.05) is 42.5 Å². The number of dihydropyridines is 1. The predicted molar refractivity (Wildman–Crippen MR) is 73.9 cm³/mol. The van der Waals surface area contributed by atoms with E-state index < -0.39 is 0 Å². The van der Waals surface area contributed by atoms with Gasteiger partial charge >= 0.3 is 0 Å². The van der Waals surface area contributed by atoms with Gasteiger partial charge in [-0.15, -0.1) is 11.6 Å². The van der Waals surface area contributed by atoms with E-state index in [4.69, 9.17) is 11.6 Å². The Morgan fingerprint density at radius 2 is 2.00 bits per heavy atom. The summed E-state index contributed by atoms with van der Waals surface area (Å²) in [6.07, 6.45) is 7.44. The molecule has 0 aliphatic carbocycles. The predicted octanol–water partition coefficient (Wildman–Crippen LogP) is 4.53. The van der Waals surface area contributed by atoms with E-state index in [0.29, 0.717) is 0 Å². The Morgan fingerprint density at radius 3 is 2.71 bits per heavy atom. The van der Waals surface area contributed by atoms with Crippen LogP contribution < -0.4 is 5.32 Å². The topological polar surface area (TPSA) is 12.0 Å². The van der Waals surface area contributed by atoms with Crippen LogP contribution in [0.1, 0.15) is 37.1 Å². The van der Waals surface area contributed by atoms with Gasteiger partial charge in [-0.05, 0) is 31.7 Å². The van der Waals surface area contributed by atoms with E-state index in [1.54, 1.807) is 0 Å². The smallest absolute Gasteiger partial charge is 0.0588 e. The lowest BCUT2D eigenvalue weighted by Crippen LogP contribution is -2.13. The zero-order chi connectivity index (χ0) is 12.1. The molecule has 0 bridgehead atoms. The van der Waals surface area contributed by atoms with Gasteiger partial charge in [0.15, 0.2) is 0 Å². The van der Waals surface area contributed by atoms with Crippen LogP contribution in [-0.2, 0) is 0 Å². The second-order valence-corrected chi connectivity index (χ2v) is 4.92. The molecule has 90 valence electrons. The van der Waals surface area contributed by atoms with Crippen molar-refractivity contribution >= 4 is 11.6 Å². The summed E-state index contributed by atoms with van der Waals surface area (Å²) in [7, 11) is 0. The first-order valence-electron chi connectivity index (χ1n) is 6.07. The first-order chi connectivity index (χ1) is 8.25. The molecule has 1 atom stereocenters. The summed E-state index contributed by atoms with van der Waals surface area (Å²) in [5, 5.41) is 3.49. The van der Waals surface area contributed by atoms with E-state index in [1.807, 2.05) is 18.2 Å². The van der Waals surface area contributed by atoms with Gasteiger partial charge in [0, 0.05) is 11.4 Å². The second kappa shape index (κ2) is 5.92. The van der Waals surface area contributed by atoms with Gasteiger partial charge in [0.1, 0.15) is 0 Å². The first kappa shape index (κ1) is 12.3. The molecule has 0 fully saturated rings. The Balaban J connectivity index is 1.85. The summed E-state index contributed by atoms with van der Waals surface area (Å²) >= 11 is 6.39. The van der Waals surface area contributed by atoms with Crippen molar-refractivity contribution in [1.29, 1.82) is 0 Å². The molecule has 2 rings (SSSR count). The normalized spacial score (nSPS) is 16.8. The summed E-state index contributed by atoms with van der Waals surface area (Å²) in [5.74, 6) is 0. The van der Waals surface area contributed by atoms with Gasteiger partial charge in [0.05, 0.1) is 5.38 Å². The van der Waals surface area contributed by atoms with Crippen molar-refractivity contribution in [2.24, 2.45) is 0 Å². The lowest BCUT2D eigenvalue weighted by molar-refractivity contribution is 0.731. The van der Waals surface area contributed by atoms with Crippen molar-refractivity contribution in [3.8, 4) is 0 Å². The molecule has 1 unspecified atom stereocenters. The fourth-order valence-electron chi connectivity index (χ4n) is 2.01. The fraction of sp³-hybridized carbons (Fsp3) is 0.333. The summed E-state index contributed by atoms with van der Waals surface area (Å²) in [6.45, 7) is 2.10. The lowest BCUT2D eigenvalue weighted by atomic mass is 10.0. The Kier molecular flexibility index (Phi) is 4.27. The van der Waals surface area contributed by atoms with E-state index in [9.17, 15) is 0 Å². The molecule has 1 N–H and O–H groups in total. The van der Waals surface area contributed by atoms with Crippen LogP contribution >= 0.6 is 11.6 Å². The minimum Gasteiger partial charge on any atom is -0.363 e. The van der Waals surface area contributed by atoms with Crippen LogP contribution in [0.15, 0.2) is 53.9 Å². The Morgan fingerprint density at radius 1 is 1.24 bits per heavy atom. The molecule has 1 aromatic carbocycles. The van der Waals surface area contributed by atoms with Crippen LogP contribution in [-0.4, -0.2) is 0 Å². The van der Waals surface area contributed by atoms with Gasteiger partial charge in [0.2, 0.25) is 0 Å². The van der Waals surface area contributed by atoms with Crippen molar-refractivity contribution in [3.63, 3.8) is 0 Å². The molecule has 17 heavy (non-hydrogen) atoms. The van der Waals surface area contributed by atoms with E-state index in [0.717, 1.165) is 19.3 Å². The molecule has 1 aliphatic heterocycles. The Bertz CT molecular complexity index is 420. The van der Waals surface area contributed by atoms with E-state index in [1.165, 1.54) is 17.0 Å². The number of halogens is 1. The van der Waals surface area contributed by atoms with Gasteiger partial charge in [0.25, 0.3) is 0 Å².